The van der Waals surface area contributed by atoms with Gasteiger partial charge in [-0.15, -0.1) is 0 Å². The van der Waals surface area contributed by atoms with Gasteiger partial charge in [0.05, 0.1) is 5.69 Å². The van der Waals surface area contributed by atoms with Crippen molar-refractivity contribution in [2.45, 2.75) is 50.3 Å². The number of hydrogen-bond acceptors (Lipinski definition) is 10. The van der Waals surface area contributed by atoms with Crippen LogP contribution in [0.1, 0.15) is 32.0 Å². The average Bonchev–Trinajstić information content (AvgIpc) is 3.30. The largest absolute Gasteiger partial charge is 0.509 e. The zero-order chi connectivity index (χ0) is 23.1. The van der Waals surface area contributed by atoms with Gasteiger partial charge in [-0.05, 0) is 39.0 Å². The van der Waals surface area contributed by atoms with E-state index < -0.39 is 35.7 Å². The Morgan fingerprint density at radius 3 is 2.84 bits per heavy atom. The minimum atomic E-state index is -1.33. The van der Waals surface area contributed by atoms with Gasteiger partial charge in [0.15, 0.2) is 5.82 Å². The summed E-state index contributed by atoms with van der Waals surface area (Å²) in [5.41, 5.74) is 5.27. The van der Waals surface area contributed by atoms with Crippen molar-refractivity contribution in [2.24, 2.45) is 0 Å². The minimum absolute atomic E-state index is 0.266. The van der Waals surface area contributed by atoms with Crippen molar-refractivity contribution in [3.63, 3.8) is 0 Å². The fourth-order valence-corrected chi connectivity index (χ4v) is 3.82. The van der Waals surface area contributed by atoms with Crippen LogP contribution in [0.3, 0.4) is 0 Å². The predicted molar refractivity (Wildman–Crippen MR) is 111 cm³/mol. The van der Waals surface area contributed by atoms with E-state index >= 15 is 0 Å². The Balaban J connectivity index is 1.45. The van der Waals surface area contributed by atoms with Gasteiger partial charge < -0.3 is 30.2 Å². The molecule has 4 rings (SSSR count). The molecule has 11 heteroatoms. The Hall–Kier alpha value is -3.28. The molecular weight excluding hydrogens is 418 g/mol. The van der Waals surface area contributed by atoms with Crippen molar-refractivity contribution in [1.29, 1.82) is 0 Å². The second-order valence-electron chi connectivity index (χ2n) is 8.27. The lowest BCUT2D eigenvalue weighted by Gasteiger charge is -2.27. The molecule has 3 aromatic rings. The van der Waals surface area contributed by atoms with Gasteiger partial charge in [0.1, 0.15) is 48.0 Å². The topological polar surface area (TPSA) is 154 Å². The van der Waals surface area contributed by atoms with E-state index in [1.54, 1.807) is 57.4 Å². The summed E-state index contributed by atoms with van der Waals surface area (Å²) in [6, 6.07) is 6.90. The summed E-state index contributed by atoms with van der Waals surface area (Å²) in [7, 11) is 0. The zero-order valence-electron chi connectivity index (χ0n) is 17.9. The first-order valence-corrected chi connectivity index (χ1v) is 10.0. The van der Waals surface area contributed by atoms with E-state index in [4.69, 9.17) is 19.9 Å². The first-order valence-electron chi connectivity index (χ1n) is 10.0. The van der Waals surface area contributed by atoms with Crippen LogP contribution in [-0.4, -0.2) is 60.9 Å². The lowest BCUT2D eigenvalue weighted by Crippen LogP contribution is -2.39. The fourth-order valence-electron chi connectivity index (χ4n) is 3.82. The van der Waals surface area contributed by atoms with Crippen LogP contribution in [0.15, 0.2) is 43.0 Å². The molecule has 4 atom stereocenters. The van der Waals surface area contributed by atoms with E-state index in [2.05, 4.69) is 15.1 Å². The Labute approximate surface area is 183 Å². The summed E-state index contributed by atoms with van der Waals surface area (Å²) in [5.74, 6) is 0.266. The number of nitrogen functional groups attached to an aromatic ring is 1. The molecular formula is C21H25N5O6. The summed E-state index contributed by atoms with van der Waals surface area (Å²) in [5, 5.41) is 25.5. The number of aliphatic hydroxyl groups is 2. The van der Waals surface area contributed by atoms with Crippen LogP contribution >= 0.6 is 0 Å². The summed E-state index contributed by atoms with van der Waals surface area (Å²) in [4.78, 5) is 20.2. The van der Waals surface area contributed by atoms with Crippen molar-refractivity contribution in [1.82, 2.24) is 19.6 Å². The number of nitrogens with two attached hydrogens (primary N) is 1. The summed E-state index contributed by atoms with van der Waals surface area (Å²) < 4.78 is 18.1. The number of carbonyl (C=O) groups is 1. The molecule has 0 aliphatic carbocycles. The molecule has 4 N–H and O–H groups in total. The Morgan fingerprint density at radius 1 is 1.34 bits per heavy atom. The number of nitrogens with zero attached hydrogens (tertiary/aromatic N) is 4. The second-order valence-corrected chi connectivity index (χ2v) is 8.27. The Morgan fingerprint density at radius 2 is 2.12 bits per heavy atom. The first kappa shape index (κ1) is 21.9. The van der Waals surface area contributed by atoms with E-state index in [1.165, 1.54) is 10.8 Å². The Bertz CT molecular complexity index is 1120. The molecule has 1 aliphatic heterocycles. The molecule has 0 bridgehead atoms. The number of aromatic nitrogens is 4. The molecule has 1 fully saturated rings. The van der Waals surface area contributed by atoms with E-state index in [0.29, 0.717) is 16.8 Å². The Kier molecular flexibility index (Phi) is 5.49. The normalized spacial score (nSPS) is 25.7. The van der Waals surface area contributed by atoms with E-state index in [-0.39, 0.29) is 12.4 Å². The number of hydrogen-bond donors (Lipinski definition) is 3. The molecule has 4 heterocycles. The number of rotatable bonds is 5. The molecule has 0 aromatic carbocycles. The number of aliphatic hydroxyl groups excluding tert-OH is 2. The molecule has 0 saturated carbocycles. The van der Waals surface area contributed by atoms with Crippen LogP contribution in [-0.2, 0) is 25.4 Å². The summed E-state index contributed by atoms with van der Waals surface area (Å²) >= 11 is 0. The van der Waals surface area contributed by atoms with Crippen molar-refractivity contribution in [2.75, 3.05) is 12.3 Å². The van der Waals surface area contributed by atoms with Crippen LogP contribution in [0.25, 0.3) is 5.52 Å². The monoisotopic (exact) mass is 443 g/mol. The maximum absolute atomic E-state index is 12.3. The lowest BCUT2D eigenvalue weighted by molar-refractivity contribution is -0.0987. The third-order valence-corrected chi connectivity index (χ3v) is 5.72. The van der Waals surface area contributed by atoms with Crippen LogP contribution in [0, 0.1) is 0 Å². The quantitative estimate of drug-likeness (QED) is 0.489. The van der Waals surface area contributed by atoms with Crippen molar-refractivity contribution >= 4 is 17.5 Å². The van der Waals surface area contributed by atoms with Crippen molar-refractivity contribution < 1.29 is 29.2 Å². The maximum atomic E-state index is 12.3. The molecule has 1 saturated heterocycles. The number of carbonyl (C=O) groups excluding carboxylic acids is 1. The number of ether oxygens (including phenoxy) is 3. The van der Waals surface area contributed by atoms with Gasteiger partial charge in [0.25, 0.3) is 0 Å². The average molecular weight is 443 g/mol. The number of fused-ring (bicyclic) bond motifs is 1. The molecule has 0 amide bonds. The van der Waals surface area contributed by atoms with Gasteiger partial charge >= 0.3 is 6.16 Å². The molecule has 0 radical (unpaired) electrons. The number of pyridine rings is 1. The second kappa shape index (κ2) is 8.01. The van der Waals surface area contributed by atoms with Crippen molar-refractivity contribution in [3.8, 4) is 0 Å². The van der Waals surface area contributed by atoms with Crippen LogP contribution in [0.4, 0.5) is 10.6 Å². The predicted octanol–water partition coefficient (Wildman–Crippen LogP) is 1.13. The lowest BCUT2D eigenvalue weighted by atomic mass is 9.93. The maximum Gasteiger partial charge on any atom is 0.509 e. The SMILES string of the molecule is CC(C)(OC(=O)OC[C@H]1O[C@@](C)(c2ccc3c(N)ncnn23)[C@H](O)[C@@H]1O)c1cccnc1. The van der Waals surface area contributed by atoms with Gasteiger partial charge in [-0.1, -0.05) is 6.07 Å². The third kappa shape index (κ3) is 3.74. The molecule has 170 valence electrons. The highest BCUT2D eigenvalue weighted by Crippen LogP contribution is 2.40. The van der Waals surface area contributed by atoms with Crippen LogP contribution in [0.2, 0.25) is 0 Å². The minimum Gasteiger partial charge on any atom is -0.431 e. The van der Waals surface area contributed by atoms with Gasteiger partial charge in [-0.3, -0.25) is 4.98 Å². The fraction of sp³-hybridized carbons (Fsp3) is 0.429. The highest BCUT2D eigenvalue weighted by molar-refractivity contribution is 5.65. The highest BCUT2D eigenvalue weighted by Gasteiger charge is 2.54. The molecule has 32 heavy (non-hydrogen) atoms. The van der Waals surface area contributed by atoms with Crippen molar-refractivity contribution in [3.05, 3.63) is 54.2 Å². The smallest absolute Gasteiger partial charge is 0.431 e. The third-order valence-electron chi connectivity index (χ3n) is 5.72. The van der Waals surface area contributed by atoms with Gasteiger partial charge in [0.2, 0.25) is 0 Å². The van der Waals surface area contributed by atoms with Gasteiger partial charge in [-0.25, -0.2) is 14.3 Å². The van der Waals surface area contributed by atoms with E-state index in [9.17, 15) is 15.0 Å². The number of anilines is 1. The first-order chi connectivity index (χ1) is 15.1. The zero-order valence-corrected chi connectivity index (χ0v) is 17.9. The van der Waals surface area contributed by atoms with Crippen LogP contribution < -0.4 is 5.73 Å². The van der Waals surface area contributed by atoms with Crippen LogP contribution in [0.5, 0.6) is 0 Å². The molecule has 1 aliphatic rings. The highest BCUT2D eigenvalue weighted by atomic mass is 16.7. The standard InChI is InChI=1S/C21H25N5O6/c1-20(2,12-5-4-8-23-9-12)32-19(29)30-10-14-16(27)17(28)21(3,31-14)15-7-6-13-18(22)24-11-25-26(13)15/h4-9,11,14,16-17,27-28H,10H2,1-3H3,(H2,22,24,25)/t14-,16-,17-,21+/m1/s1. The van der Waals surface area contributed by atoms with Gasteiger partial charge in [-0.2, -0.15) is 5.10 Å². The van der Waals surface area contributed by atoms with Gasteiger partial charge in [0, 0.05) is 18.0 Å². The molecule has 3 aromatic heterocycles. The molecule has 0 unspecified atom stereocenters. The molecule has 11 nitrogen and oxygen atoms in total. The molecule has 0 spiro atoms. The summed E-state index contributed by atoms with van der Waals surface area (Å²) in [6.45, 7) is 4.71. The van der Waals surface area contributed by atoms with E-state index in [1.807, 2.05) is 0 Å². The van der Waals surface area contributed by atoms with E-state index in [0.717, 1.165) is 0 Å². The summed E-state index contributed by atoms with van der Waals surface area (Å²) in [6.07, 6.45) is -0.0598.